The molecule has 1 saturated heterocycles. The normalized spacial score (nSPS) is 17.1. The molecule has 18 heavy (non-hydrogen) atoms. The van der Waals surface area contributed by atoms with Crippen molar-refractivity contribution in [2.24, 2.45) is 0 Å². The molecule has 0 bridgehead atoms. The van der Waals surface area contributed by atoms with E-state index < -0.39 is 0 Å². The van der Waals surface area contributed by atoms with Crippen LogP contribution in [0.3, 0.4) is 0 Å². The Morgan fingerprint density at radius 1 is 1.33 bits per heavy atom. The Hall–Kier alpha value is -0.870. The summed E-state index contributed by atoms with van der Waals surface area (Å²) >= 11 is 1.85. The van der Waals surface area contributed by atoms with Gasteiger partial charge in [-0.2, -0.15) is 0 Å². The first kappa shape index (κ1) is 13.6. The minimum absolute atomic E-state index is 0.149. The molecule has 4 heteroatoms. The number of nitrogen functional groups attached to an aromatic ring is 1. The van der Waals surface area contributed by atoms with E-state index in [2.05, 4.69) is 6.07 Å². The van der Waals surface area contributed by atoms with Crippen LogP contribution in [-0.2, 0) is 4.74 Å². The highest BCUT2D eigenvalue weighted by Crippen LogP contribution is 2.37. The van der Waals surface area contributed by atoms with E-state index >= 15 is 0 Å². The molecule has 1 heterocycles. The lowest BCUT2D eigenvalue weighted by atomic mass is 10.2. The van der Waals surface area contributed by atoms with Crippen molar-refractivity contribution in [3.05, 3.63) is 18.2 Å². The molecule has 1 aliphatic heterocycles. The molecule has 0 saturated carbocycles. The molecule has 0 radical (unpaired) electrons. The van der Waals surface area contributed by atoms with Gasteiger partial charge in [-0.05, 0) is 38.8 Å². The van der Waals surface area contributed by atoms with E-state index in [-0.39, 0.29) is 6.10 Å². The summed E-state index contributed by atoms with van der Waals surface area (Å²) < 4.78 is 11.1. The predicted molar refractivity (Wildman–Crippen MR) is 76.3 cm³/mol. The lowest BCUT2D eigenvalue weighted by molar-refractivity contribution is 0.100. The van der Waals surface area contributed by atoms with Crippen LogP contribution in [0.1, 0.15) is 26.7 Å². The number of thioether (sulfide) groups is 1. The second-order valence-electron chi connectivity index (χ2n) is 4.76. The van der Waals surface area contributed by atoms with E-state index in [0.29, 0.717) is 5.25 Å². The Bertz CT molecular complexity index is 389. The third-order valence-corrected chi connectivity index (χ3v) is 4.27. The average molecular weight is 267 g/mol. The number of hydrogen-bond donors (Lipinski definition) is 1. The van der Waals surface area contributed by atoms with Crippen LogP contribution in [0.15, 0.2) is 23.1 Å². The van der Waals surface area contributed by atoms with Gasteiger partial charge in [-0.15, -0.1) is 11.8 Å². The van der Waals surface area contributed by atoms with Crippen LogP contribution in [-0.4, -0.2) is 24.6 Å². The molecule has 0 spiro atoms. The van der Waals surface area contributed by atoms with Gasteiger partial charge in [-0.3, -0.25) is 0 Å². The fourth-order valence-corrected chi connectivity index (χ4v) is 3.13. The first-order valence-corrected chi connectivity index (χ1v) is 7.34. The van der Waals surface area contributed by atoms with Crippen LogP contribution in [0.4, 0.5) is 5.69 Å². The van der Waals surface area contributed by atoms with Gasteiger partial charge in [-0.25, -0.2) is 0 Å². The number of para-hydroxylation sites is 1. The average Bonchev–Trinajstić information content (AvgIpc) is 2.35. The fourth-order valence-electron chi connectivity index (χ4n) is 1.96. The second-order valence-corrected chi connectivity index (χ2v) is 6.11. The van der Waals surface area contributed by atoms with Crippen LogP contribution >= 0.6 is 11.8 Å². The van der Waals surface area contributed by atoms with Crippen molar-refractivity contribution >= 4 is 17.4 Å². The molecular formula is C14H21NO2S. The van der Waals surface area contributed by atoms with Crippen molar-refractivity contribution in [2.75, 3.05) is 18.9 Å². The van der Waals surface area contributed by atoms with Crippen LogP contribution < -0.4 is 10.5 Å². The van der Waals surface area contributed by atoms with Gasteiger partial charge in [0.1, 0.15) is 5.75 Å². The maximum Gasteiger partial charge on any atom is 0.143 e. The Balaban J connectivity index is 2.07. The first-order chi connectivity index (χ1) is 8.66. The van der Waals surface area contributed by atoms with Gasteiger partial charge in [0.05, 0.1) is 11.8 Å². The first-order valence-electron chi connectivity index (χ1n) is 6.46. The maximum atomic E-state index is 6.17. The minimum atomic E-state index is 0.149. The van der Waals surface area contributed by atoms with Crippen molar-refractivity contribution < 1.29 is 9.47 Å². The monoisotopic (exact) mass is 267 g/mol. The SMILES string of the molecule is CC(C)Oc1cccc(SC2CCOCC2)c1N. The molecule has 0 aromatic heterocycles. The van der Waals surface area contributed by atoms with Crippen molar-refractivity contribution in [3.63, 3.8) is 0 Å². The zero-order chi connectivity index (χ0) is 13.0. The highest BCUT2D eigenvalue weighted by molar-refractivity contribution is 8.00. The number of hydrogen-bond acceptors (Lipinski definition) is 4. The van der Waals surface area contributed by atoms with E-state index in [1.807, 2.05) is 37.7 Å². The molecule has 0 aliphatic carbocycles. The Labute approximate surface area is 113 Å². The number of benzene rings is 1. The highest BCUT2D eigenvalue weighted by Gasteiger charge is 2.17. The molecule has 100 valence electrons. The predicted octanol–water partition coefficient (Wildman–Crippen LogP) is 3.33. The topological polar surface area (TPSA) is 44.5 Å². The molecule has 1 aromatic rings. The third-order valence-electron chi connectivity index (χ3n) is 2.85. The molecule has 1 aliphatic rings. The largest absolute Gasteiger partial charge is 0.489 e. The molecule has 2 N–H and O–H groups in total. The van der Waals surface area contributed by atoms with Crippen molar-refractivity contribution in [2.45, 2.75) is 42.9 Å². The van der Waals surface area contributed by atoms with Gasteiger partial charge in [-0.1, -0.05) is 6.07 Å². The van der Waals surface area contributed by atoms with Gasteiger partial charge in [0, 0.05) is 23.4 Å². The molecule has 0 atom stereocenters. The van der Waals surface area contributed by atoms with Crippen LogP contribution in [0.2, 0.25) is 0 Å². The lowest BCUT2D eigenvalue weighted by Crippen LogP contribution is -2.17. The Kier molecular flexibility index (Phi) is 4.78. The quantitative estimate of drug-likeness (QED) is 0.850. The fraction of sp³-hybridized carbons (Fsp3) is 0.571. The lowest BCUT2D eigenvalue weighted by Gasteiger charge is -2.22. The number of anilines is 1. The summed E-state index contributed by atoms with van der Waals surface area (Å²) in [6.45, 7) is 5.75. The Morgan fingerprint density at radius 3 is 2.72 bits per heavy atom. The molecule has 0 unspecified atom stereocenters. The summed E-state index contributed by atoms with van der Waals surface area (Å²) in [5.41, 5.74) is 6.94. The molecule has 2 rings (SSSR count). The standard InChI is InChI=1S/C14H21NO2S/c1-10(2)17-12-4-3-5-13(14(12)15)18-11-6-8-16-9-7-11/h3-5,10-11H,6-9,15H2,1-2H3. The Morgan fingerprint density at radius 2 is 2.06 bits per heavy atom. The summed E-state index contributed by atoms with van der Waals surface area (Å²) in [4.78, 5) is 1.13. The molecule has 3 nitrogen and oxygen atoms in total. The van der Waals surface area contributed by atoms with Crippen molar-refractivity contribution in [3.8, 4) is 5.75 Å². The van der Waals surface area contributed by atoms with Gasteiger partial charge in [0.2, 0.25) is 0 Å². The number of ether oxygens (including phenoxy) is 2. The van der Waals surface area contributed by atoms with Gasteiger partial charge in [0.25, 0.3) is 0 Å². The van der Waals surface area contributed by atoms with E-state index in [1.165, 1.54) is 0 Å². The smallest absolute Gasteiger partial charge is 0.143 e. The molecule has 0 amide bonds. The third kappa shape index (κ3) is 3.56. The van der Waals surface area contributed by atoms with Gasteiger partial charge >= 0.3 is 0 Å². The van der Waals surface area contributed by atoms with E-state index in [1.54, 1.807) is 0 Å². The van der Waals surface area contributed by atoms with E-state index in [9.17, 15) is 0 Å². The zero-order valence-electron chi connectivity index (χ0n) is 11.0. The number of rotatable bonds is 4. The maximum absolute atomic E-state index is 6.17. The summed E-state index contributed by atoms with van der Waals surface area (Å²) in [6, 6.07) is 6.02. The van der Waals surface area contributed by atoms with E-state index in [0.717, 1.165) is 42.4 Å². The van der Waals surface area contributed by atoms with Crippen molar-refractivity contribution in [1.82, 2.24) is 0 Å². The van der Waals surface area contributed by atoms with E-state index in [4.69, 9.17) is 15.2 Å². The zero-order valence-corrected chi connectivity index (χ0v) is 11.8. The minimum Gasteiger partial charge on any atom is -0.489 e. The summed E-state index contributed by atoms with van der Waals surface area (Å²) in [5.74, 6) is 0.794. The molecule has 1 aromatic carbocycles. The van der Waals surface area contributed by atoms with Gasteiger partial charge in [0.15, 0.2) is 0 Å². The summed E-state index contributed by atoms with van der Waals surface area (Å²) in [5, 5.41) is 0.607. The molecular weight excluding hydrogens is 246 g/mol. The summed E-state index contributed by atoms with van der Waals surface area (Å²) in [6.07, 6.45) is 2.34. The second kappa shape index (κ2) is 6.34. The van der Waals surface area contributed by atoms with Crippen LogP contribution in [0, 0.1) is 0 Å². The van der Waals surface area contributed by atoms with Crippen LogP contribution in [0.25, 0.3) is 0 Å². The van der Waals surface area contributed by atoms with Crippen molar-refractivity contribution in [1.29, 1.82) is 0 Å². The number of nitrogens with two attached hydrogens (primary N) is 1. The highest BCUT2D eigenvalue weighted by atomic mass is 32.2. The molecule has 1 fully saturated rings. The van der Waals surface area contributed by atoms with Crippen LogP contribution in [0.5, 0.6) is 5.75 Å². The van der Waals surface area contributed by atoms with Gasteiger partial charge < -0.3 is 15.2 Å². The summed E-state index contributed by atoms with van der Waals surface area (Å²) in [7, 11) is 0.